The van der Waals surface area contributed by atoms with Crippen molar-refractivity contribution in [1.82, 2.24) is 0 Å². The Labute approximate surface area is 161 Å². The first kappa shape index (κ1) is 23.0. The average Bonchev–Trinajstić information content (AvgIpc) is 2.59. The lowest BCUT2D eigenvalue weighted by Crippen LogP contribution is -2.26. The Morgan fingerprint density at radius 2 is 1.46 bits per heavy atom. The lowest BCUT2D eigenvalue weighted by Gasteiger charge is -2.17. The van der Waals surface area contributed by atoms with Crippen LogP contribution in [0, 0.1) is 6.92 Å². The van der Waals surface area contributed by atoms with Gasteiger partial charge in [-0.1, -0.05) is 90.2 Å². The molecule has 0 saturated heterocycles. The van der Waals surface area contributed by atoms with Gasteiger partial charge in [-0.05, 0) is 37.5 Å². The van der Waals surface area contributed by atoms with E-state index < -0.39 is 15.4 Å². The molecule has 1 atom stereocenters. The minimum atomic E-state index is -3.56. The van der Waals surface area contributed by atoms with Gasteiger partial charge in [0.25, 0.3) is 0 Å². The van der Waals surface area contributed by atoms with Gasteiger partial charge in [-0.15, -0.1) is 0 Å². The molecule has 0 radical (unpaired) electrons. The standard InChI is InChI=1S/C22H38O3S/c1-4-6-7-8-9-10-11-12-13-18-22(15-5-2)26(23,24)25-21-17-14-16-20(3)19-21/h14,16-17,19,22H,4-13,15,18H2,1-3H3. The molecule has 0 bridgehead atoms. The predicted molar refractivity (Wildman–Crippen MR) is 111 cm³/mol. The SMILES string of the molecule is CCCCCCCCCCCC(CCC)S(=O)(=O)Oc1cccc(C)c1. The minimum absolute atomic E-state index is 0.391. The molecular formula is C22H38O3S. The van der Waals surface area contributed by atoms with E-state index in [-0.39, 0.29) is 0 Å². The molecule has 1 aromatic rings. The van der Waals surface area contributed by atoms with E-state index in [4.69, 9.17) is 4.18 Å². The molecule has 150 valence electrons. The quantitative estimate of drug-likeness (QED) is 0.248. The Morgan fingerprint density at radius 3 is 2.04 bits per heavy atom. The van der Waals surface area contributed by atoms with E-state index in [0.29, 0.717) is 18.6 Å². The molecule has 0 N–H and O–H groups in total. The van der Waals surface area contributed by atoms with E-state index >= 15 is 0 Å². The maximum absolute atomic E-state index is 12.6. The highest BCUT2D eigenvalue weighted by atomic mass is 32.2. The van der Waals surface area contributed by atoms with Crippen LogP contribution in [0.25, 0.3) is 0 Å². The van der Waals surface area contributed by atoms with Crippen LogP contribution in [0.15, 0.2) is 24.3 Å². The summed E-state index contributed by atoms with van der Waals surface area (Å²) >= 11 is 0. The van der Waals surface area contributed by atoms with E-state index in [2.05, 4.69) is 6.92 Å². The van der Waals surface area contributed by atoms with Gasteiger partial charge in [-0.3, -0.25) is 0 Å². The molecule has 0 amide bonds. The van der Waals surface area contributed by atoms with Crippen LogP contribution >= 0.6 is 0 Å². The topological polar surface area (TPSA) is 43.4 Å². The van der Waals surface area contributed by atoms with E-state index in [1.165, 1.54) is 44.9 Å². The van der Waals surface area contributed by atoms with Crippen molar-refractivity contribution >= 4 is 10.1 Å². The summed E-state index contributed by atoms with van der Waals surface area (Å²) in [6.07, 6.45) is 13.4. The molecule has 4 heteroatoms. The van der Waals surface area contributed by atoms with Crippen LogP contribution in [0.2, 0.25) is 0 Å². The fourth-order valence-corrected chi connectivity index (χ4v) is 4.79. The molecule has 1 aromatic carbocycles. The number of benzene rings is 1. The number of aryl methyl sites for hydroxylation is 1. The maximum Gasteiger partial charge on any atom is 0.312 e. The lowest BCUT2D eigenvalue weighted by atomic mass is 10.0. The van der Waals surface area contributed by atoms with Crippen LogP contribution in [-0.4, -0.2) is 13.7 Å². The summed E-state index contributed by atoms with van der Waals surface area (Å²) in [6.45, 7) is 6.21. The van der Waals surface area contributed by atoms with Gasteiger partial charge in [0.1, 0.15) is 5.75 Å². The van der Waals surface area contributed by atoms with E-state index in [0.717, 1.165) is 24.8 Å². The van der Waals surface area contributed by atoms with Gasteiger partial charge in [0.15, 0.2) is 0 Å². The second kappa shape index (κ2) is 13.2. The van der Waals surface area contributed by atoms with E-state index in [9.17, 15) is 8.42 Å². The summed E-state index contributed by atoms with van der Waals surface area (Å²) in [6, 6.07) is 7.26. The Balaban J connectivity index is 2.37. The molecular weight excluding hydrogens is 344 g/mol. The highest BCUT2D eigenvalue weighted by Gasteiger charge is 2.26. The van der Waals surface area contributed by atoms with Crippen molar-refractivity contribution in [2.75, 3.05) is 0 Å². The van der Waals surface area contributed by atoms with Crippen molar-refractivity contribution in [3.8, 4) is 5.75 Å². The Bertz CT molecular complexity index is 581. The van der Waals surface area contributed by atoms with Gasteiger partial charge in [-0.25, -0.2) is 0 Å². The van der Waals surface area contributed by atoms with Gasteiger partial charge in [0.2, 0.25) is 0 Å². The molecule has 0 heterocycles. The monoisotopic (exact) mass is 382 g/mol. The van der Waals surface area contributed by atoms with Gasteiger partial charge in [0, 0.05) is 0 Å². The number of hydrogen-bond acceptors (Lipinski definition) is 3. The molecule has 1 unspecified atom stereocenters. The first-order valence-corrected chi connectivity index (χ1v) is 12.0. The maximum atomic E-state index is 12.6. The summed E-state index contributed by atoms with van der Waals surface area (Å²) < 4.78 is 30.7. The first-order chi connectivity index (χ1) is 12.5. The van der Waals surface area contributed by atoms with Crippen molar-refractivity contribution in [2.24, 2.45) is 0 Å². The zero-order chi connectivity index (χ0) is 19.3. The Hall–Kier alpha value is -1.03. The third kappa shape index (κ3) is 9.61. The van der Waals surface area contributed by atoms with Crippen LogP contribution in [0.1, 0.15) is 96.5 Å². The van der Waals surface area contributed by atoms with Crippen molar-refractivity contribution < 1.29 is 12.6 Å². The van der Waals surface area contributed by atoms with Gasteiger partial charge < -0.3 is 4.18 Å². The largest absolute Gasteiger partial charge is 0.382 e. The molecule has 0 fully saturated rings. The third-order valence-corrected chi connectivity index (χ3v) is 6.56. The molecule has 1 rings (SSSR count). The van der Waals surface area contributed by atoms with E-state index in [1.807, 2.05) is 26.0 Å². The van der Waals surface area contributed by atoms with Crippen LogP contribution in [0.5, 0.6) is 5.75 Å². The lowest BCUT2D eigenvalue weighted by molar-refractivity contribution is 0.451. The normalized spacial score (nSPS) is 12.9. The molecule has 0 aliphatic rings. The fourth-order valence-electron chi connectivity index (χ4n) is 3.31. The molecule has 26 heavy (non-hydrogen) atoms. The van der Waals surface area contributed by atoms with Crippen molar-refractivity contribution in [1.29, 1.82) is 0 Å². The minimum Gasteiger partial charge on any atom is -0.382 e. The molecule has 0 saturated carbocycles. The summed E-state index contributed by atoms with van der Waals surface area (Å²) in [5.74, 6) is 0.429. The van der Waals surface area contributed by atoms with Crippen LogP contribution in [0.3, 0.4) is 0 Å². The highest BCUT2D eigenvalue weighted by Crippen LogP contribution is 2.23. The third-order valence-electron chi connectivity index (χ3n) is 4.85. The van der Waals surface area contributed by atoms with Gasteiger partial charge in [0.05, 0.1) is 5.25 Å². The second-order valence-corrected chi connectivity index (χ2v) is 9.24. The van der Waals surface area contributed by atoms with Crippen LogP contribution in [0.4, 0.5) is 0 Å². The summed E-state index contributed by atoms with van der Waals surface area (Å²) in [5.41, 5.74) is 1.00. The van der Waals surface area contributed by atoms with Gasteiger partial charge in [-0.2, -0.15) is 8.42 Å². The zero-order valence-corrected chi connectivity index (χ0v) is 17.8. The smallest absolute Gasteiger partial charge is 0.312 e. The van der Waals surface area contributed by atoms with Crippen LogP contribution < -0.4 is 4.18 Å². The highest BCUT2D eigenvalue weighted by molar-refractivity contribution is 7.87. The summed E-state index contributed by atoms with van der Waals surface area (Å²) in [4.78, 5) is 0. The number of unbranched alkanes of at least 4 members (excludes halogenated alkanes) is 8. The molecule has 0 aliphatic heterocycles. The van der Waals surface area contributed by atoms with Crippen molar-refractivity contribution in [2.45, 2.75) is 103 Å². The molecule has 0 aliphatic carbocycles. The van der Waals surface area contributed by atoms with E-state index in [1.54, 1.807) is 12.1 Å². The van der Waals surface area contributed by atoms with Crippen molar-refractivity contribution in [3.05, 3.63) is 29.8 Å². The summed E-state index contributed by atoms with van der Waals surface area (Å²) in [7, 11) is -3.56. The van der Waals surface area contributed by atoms with Gasteiger partial charge >= 0.3 is 10.1 Å². The second-order valence-electron chi connectivity index (χ2n) is 7.42. The Kier molecular flexibility index (Phi) is 11.7. The van der Waals surface area contributed by atoms with Crippen LogP contribution in [-0.2, 0) is 10.1 Å². The van der Waals surface area contributed by atoms with Crippen molar-refractivity contribution in [3.63, 3.8) is 0 Å². The fraction of sp³-hybridized carbons (Fsp3) is 0.727. The number of rotatable bonds is 15. The predicted octanol–water partition coefficient (Wildman–Crippen LogP) is 6.79. The molecule has 0 spiro atoms. The molecule has 3 nitrogen and oxygen atoms in total. The number of hydrogen-bond donors (Lipinski definition) is 0. The first-order valence-electron chi connectivity index (χ1n) is 10.5. The summed E-state index contributed by atoms with van der Waals surface area (Å²) in [5, 5.41) is -0.391. The zero-order valence-electron chi connectivity index (χ0n) is 17.0. The Morgan fingerprint density at radius 1 is 0.846 bits per heavy atom. The molecule has 0 aromatic heterocycles. The average molecular weight is 383 g/mol.